The number of rotatable bonds is 5. The van der Waals surface area contributed by atoms with Crippen LogP contribution in [0.15, 0.2) is 71.6 Å². The highest BCUT2D eigenvalue weighted by atomic mass is 32.2. The van der Waals surface area contributed by atoms with Gasteiger partial charge in [0, 0.05) is 10.8 Å². The summed E-state index contributed by atoms with van der Waals surface area (Å²) in [5.41, 5.74) is 6.21. The molecule has 6 nitrogen and oxygen atoms in total. The topological polar surface area (TPSA) is 80.3 Å². The van der Waals surface area contributed by atoms with E-state index in [1.54, 1.807) is 12.1 Å². The van der Waals surface area contributed by atoms with Crippen molar-refractivity contribution in [1.29, 1.82) is 0 Å². The van der Waals surface area contributed by atoms with Gasteiger partial charge in [0.05, 0.1) is 28.7 Å². The predicted octanol–water partition coefficient (Wildman–Crippen LogP) is 4.01. The van der Waals surface area contributed by atoms with E-state index in [0.29, 0.717) is 11.4 Å². The maximum Gasteiger partial charge on any atom is 0.257 e. The molecule has 0 bridgehead atoms. The Morgan fingerprint density at radius 2 is 1.61 bits per heavy atom. The molecular weight excluding hydrogens is 374 g/mol. The van der Waals surface area contributed by atoms with Crippen LogP contribution in [0.5, 0.6) is 5.75 Å². The molecule has 0 amide bonds. The lowest BCUT2D eigenvalue weighted by Crippen LogP contribution is -2.29. The van der Waals surface area contributed by atoms with Crippen LogP contribution in [0.25, 0.3) is 21.8 Å². The number of methoxy groups -OCH3 is 1. The summed E-state index contributed by atoms with van der Waals surface area (Å²) in [5.74, 6) is 0.591. The summed E-state index contributed by atoms with van der Waals surface area (Å²) in [6, 6.07) is 19.7. The third-order valence-corrected chi connectivity index (χ3v) is 5.78. The van der Waals surface area contributed by atoms with E-state index in [9.17, 15) is 8.42 Å². The highest BCUT2D eigenvalue weighted by Gasteiger charge is 2.16. The first kappa shape index (κ1) is 18.2. The third kappa shape index (κ3) is 3.37. The Kier molecular flexibility index (Phi) is 4.62. The number of hydrazine groups is 1. The first-order valence-electron chi connectivity index (χ1n) is 8.69. The van der Waals surface area contributed by atoms with Crippen LogP contribution in [0, 0.1) is 6.92 Å². The Labute approximate surface area is 163 Å². The molecule has 1 aromatic heterocycles. The first-order chi connectivity index (χ1) is 13.5. The Bertz CT molecular complexity index is 1270. The van der Waals surface area contributed by atoms with Gasteiger partial charge >= 0.3 is 0 Å². The molecule has 4 aromatic rings. The van der Waals surface area contributed by atoms with Gasteiger partial charge in [0.15, 0.2) is 0 Å². The van der Waals surface area contributed by atoms with Crippen molar-refractivity contribution in [2.75, 3.05) is 12.5 Å². The number of hydrogen-bond donors (Lipinski definition) is 2. The minimum atomic E-state index is -3.77. The van der Waals surface area contributed by atoms with E-state index in [2.05, 4.69) is 15.2 Å². The molecule has 0 unspecified atom stereocenters. The average Bonchev–Trinajstić information content (AvgIpc) is 2.71. The van der Waals surface area contributed by atoms with Crippen LogP contribution in [0.1, 0.15) is 5.56 Å². The fraction of sp³-hybridized carbons (Fsp3) is 0.0952. The molecule has 1 heterocycles. The van der Waals surface area contributed by atoms with Crippen LogP contribution in [-0.4, -0.2) is 20.5 Å². The Balaban J connectivity index is 1.76. The molecule has 142 valence electrons. The summed E-state index contributed by atoms with van der Waals surface area (Å²) in [4.78, 5) is 7.30. The smallest absolute Gasteiger partial charge is 0.257 e. The van der Waals surface area contributed by atoms with Gasteiger partial charge in [-0.05, 0) is 49.4 Å². The highest BCUT2D eigenvalue weighted by Crippen LogP contribution is 2.31. The number of pyridine rings is 1. The number of aromatic nitrogens is 1. The molecule has 0 spiro atoms. The summed E-state index contributed by atoms with van der Waals surface area (Å²) < 4.78 is 30.5. The van der Waals surface area contributed by atoms with E-state index in [-0.39, 0.29) is 4.90 Å². The van der Waals surface area contributed by atoms with E-state index in [1.165, 1.54) is 19.2 Å². The standard InChI is InChI=1S/C21H19N3O3S/c1-14-7-12-20-18(13-14)21(17-5-3-4-6-19(17)22-20)23-24-28(25,26)16-10-8-15(27-2)9-11-16/h3-13,24H,1-2H3,(H,22,23). The molecule has 0 saturated carbocycles. The van der Waals surface area contributed by atoms with Crippen LogP contribution in [0.4, 0.5) is 5.69 Å². The second kappa shape index (κ2) is 7.10. The van der Waals surface area contributed by atoms with Crippen molar-refractivity contribution in [2.45, 2.75) is 11.8 Å². The van der Waals surface area contributed by atoms with Crippen molar-refractivity contribution < 1.29 is 13.2 Å². The van der Waals surface area contributed by atoms with Crippen molar-refractivity contribution in [1.82, 2.24) is 9.82 Å². The molecule has 0 aliphatic rings. The number of nitrogens with one attached hydrogen (secondary N) is 2. The summed E-state index contributed by atoms with van der Waals surface area (Å²) >= 11 is 0. The number of benzene rings is 3. The summed E-state index contributed by atoms with van der Waals surface area (Å²) in [5, 5.41) is 1.68. The van der Waals surface area contributed by atoms with Gasteiger partial charge in [0.2, 0.25) is 0 Å². The predicted molar refractivity (Wildman–Crippen MR) is 111 cm³/mol. The maximum absolute atomic E-state index is 12.7. The zero-order valence-corrected chi connectivity index (χ0v) is 16.2. The molecule has 28 heavy (non-hydrogen) atoms. The van der Waals surface area contributed by atoms with Crippen LogP contribution >= 0.6 is 0 Å². The van der Waals surface area contributed by atoms with Crippen molar-refractivity contribution >= 4 is 37.5 Å². The van der Waals surface area contributed by atoms with Crippen LogP contribution < -0.4 is 15.0 Å². The van der Waals surface area contributed by atoms with Gasteiger partial charge in [-0.15, -0.1) is 4.83 Å². The highest BCUT2D eigenvalue weighted by molar-refractivity contribution is 7.89. The number of sulfonamides is 1. The second-order valence-corrected chi connectivity index (χ2v) is 8.11. The van der Waals surface area contributed by atoms with Gasteiger partial charge in [-0.2, -0.15) is 0 Å². The zero-order chi connectivity index (χ0) is 19.7. The molecule has 4 rings (SSSR count). The van der Waals surface area contributed by atoms with E-state index in [0.717, 1.165) is 27.4 Å². The van der Waals surface area contributed by atoms with Gasteiger partial charge in [0.1, 0.15) is 5.75 Å². The summed E-state index contributed by atoms with van der Waals surface area (Å²) in [6.07, 6.45) is 0. The van der Waals surface area contributed by atoms with Crippen molar-refractivity contribution in [3.63, 3.8) is 0 Å². The lowest BCUT2D eigenvalue weighted by atomic mass is 10.1. The molecular formula is C21H19N3O3S. The number of aryl methyl sites for hydroxylation is 1. The Morgan fingerprint density at radius 3 is 2.36 bits per heavy atom. The van der Waals surface area contributed by atoms with E-state index >= 15 is 0 Å². The van der Waals surface area contributed by atoms with Gasteiger partial charge in [0.25, 0.3) is 10.0 Å². The number of para-hydroxylation sites is 1. The monoisotopic (exact) mass is 393 g/mol. The number of hydrogen-bond acceptors (Lipinski definition) is 5. The quantitative estimate of drug-likeness (QED) is 0.396. The number of anilines is 1. The van der Waals surface area contributed by atoms with Gasteiger partial charge < -0.3 is 10.2 Å². The van der Waals surface area contributed by atoms with Gasteiger partial charge in [-0.3, -0.25) is 0 Å². The van der Waals surface area contributed by atoms with E-state index in [1.807, 2.05) is 49.4 Å². The molecule has 0 fully saturated rings. The lowest BCUT2D eigenvalue weighted by Gasteiger charge is -2.15. The van der Waals surface area contributed by atoms with Crippen molar-refractivity contribution in [3.05, 3.63) is 72.3 Å². The van der Waals surface area contributed by atoms with Crippen LogP contribution in [0.3, 0.4) is 0 Å². The van der Waals surface area contributed by atoms with Crippen molar-refractivity contribution in [2.24, 2.45) is 0 Å². The second-order valence-electron chi connectivity index (χ2n) is 6.43. The van der Waals surface area contributed by atoms with Crippen LogP contribution in [0.2, 0.25) is 0 Å². The lowest BCUT2D eigenvalue weighted by molar-refractivity contribution is 0.414. The maximum atomic E-state index is 12.7. The fourth-order valence-electron chi connectivity index (χ4n) is 3.07. The molecule has 0 radical (unpaired) electrons. The van der Waals surface area contributed by atoms with E-state index < -0.39 is 10.0 Å². The summed E-state index contributed by atoms with van der Waals surface area (Å²) in [7, 11) is -2.24. The molecule has 3 aromatic carbocycles. The number of ether oxygens (including phenoxy) is 1. The molecule has 0 atom stereocenters. The molecule has 7 heteroatoms. The Morgan fingerprint density at radius 1 is 0.893 bits per heavy atom. The van der Waals surface area contributed by atoms with Gasteiger partial charge in [-0.25, -0.2) is 13.4 Å². The normalized spacial score (nSPS) is 11.6. The third-order valence-electron chi connectivity index (χ3n) is 4.52. The first-order valence-corrected chi connectivity index (χ1v) is 10.2. The van der Waals surface area contributed by atoms with E-state index in [4.69, 9.17) is 4.74 Å². The van der Waals surface area contributed by atoms with Crippen molar-refractivity contribution in [3.8, 4) is 5.75 Å². The number of nitrogens with zero attached hydrogens (tertiary/aromatic N) is 1. The van der Waals surface area contributed by atoms with Gasteiger partial charge in [-0.1, -0.05) is 29.8 Å². The summed E-state index contributed by atoms with van der Waals surface area (Å²) in [6.45, 7) is 1.99. The Hall–Kier alpha value is -3.16. The molecule has 2 N–H and O–H groups in total. The molecule has 0 aliphatic heterocycles. The largest absolute Gasteiger partial charge is 0.497 e. The number of fused-ring (bicyclic) bond motifs is 2. The molecule has 0 aliphatic carbocycles. The zero-order valence-electron chi connectivity index (χ0n) is 15.4. The average molecular weight is 393 g/mol. The molecule has 0 saturated heterocycles. The fourth-order valence-corrected chi connectivity index (χ4v) is 3.92. The SMILES string of the molecule is COc1ccc(S(=O)(=O)NNc2c3ccccc3nc3ccc(C)cc23)cc1. The van der Waals surface area contributed by atoms with Crippen LogP contribution in [-0.2, 0) is 10.0 Å². The minimum Gasteiger partial charge on any atom is -0.497 e. The minimum absolute atomic E-state index is 0.139.